The Morgan fingerprint density at radius 1 is 1.25 bits per heavy atom. The summed E-state index contributed by atoms with van der Waals surface area (Å²) in [7, 11) is 0. The second-order valence-electron chi connectivity index (χ2n) is 5.78. The van der Waals surface area contributed by atoms with E-state index in [1.165, 1.54) is 17.2 Å². The maximum atomic E-state index is 13.8. The summed E-state index contributed by atoms with van der Waals surface area (Å²) < 4.78 is 13.8. The molecule has 1 fully saturated rings. The fourth-order valence-electron chi connectivity index (χ4n) is 2.81. The highest BCUT2D eigenvalue weighted by molar-refractivity contribution is 6.30. The van der Waals surface area contributed by atoms with Gasteiger partial charge in [-0.2, -0.15) is 0 Å². The molecule has 2 N–H and O–H groups in total. The van der Waals surface area contributed by atoms with Crippen LogP contribution in [0.15, 0.2) is 42.6 Å². The van der Waals surface area contributed by atoms with Crippen molar-refractivity contribution in [2.24, 2.45) is 0 Å². The molecule has 126 valence electrons. The highest BCUT2D eigenvalue weighted by atomic mass is 35.5. The smallest absolute Gasteiger partial charge is 0.280 e. The predicted molar refractivity (Wildman–Crippen MR) is 92.1 cm³/mol. The zero-order valence-electron chi connectivity index (χ0n) is 13.1. The molecule has 0 unspecified atom stereocenters. The van der Waals surface area contributed by atoms with Crippen molar-refractivity contribution in [1.29, 1.82) is 0 Å². The lowest BCUT2D eigenvalue weighted by molar-refractivity contribution is -0.892. The van der Waals surface area contributed by atoms with E-state index in [0.29, 0.717) is 23.1 Å². The summed E-state index contributed by atoms with van der Waals surface area (Å²) in [5.74, 6) is 0.209. The number of rotatable bonds is 4. The van der Waals surface area contributed by atoms with Crippen LogP contribution in [0.2, 0.25) is 5.02 Å². The van der Waals surface area contributed by atoms with E-state index >= 15 is 0 Å². The quantitative estimate of drug-likeness (QED) is 0.872. The number of carbonyl (C=O) groups excluding carboxylic acids is 1. The minimum Gasteiger partial charge on any atom is -0.358 e. The number of aromatic nitrogens is 1. The van der Waals surface area contributed by atoms with Crippen molar-refractivity contribution in [3.05, 3.63) is 53.4 Å². The Balaban J connectivity index is 1.49. The normalized spacial score (nSPS) is 15.3. The third-order valence-electron chi connectivity index (χ3n) is 4.07. The molecule has 0 saturated carbocycles. The number of hydrogen-bond donors (Lipinski definition) is 2. The molecule has 5 nitrogen and oxygen atoms in total. The molecule has 2 heterocycles. The number of piperazine rings is 1. The molecule has 0 bridgehead atoms. The zero-order valence-corrected chi connectivity index (χ0v) is 13.9. The van der Waals surface area contributed by atoms with Gasteiger partial charge in [-0.15, -0.1) is 0 Å². The van der Waals surface area contributed by atoms with Gasteiger partial charge in [-0.25, -0.2) is 9.37 Å². The van der Waals surface area contributed by atoms with E-state index in [-0.39, 0.29) is 11.7 Å². The maximum absolute atomic E-state index is 13.8. The minimum absolute atomic E-state index is 0.0841. The molecule has 2 aromatic rings. The summed E-state index contributed by atoms with van der Waals surface area (Å²) in [6.45, 7) is 3.40. The average molecular weight is 350 g/mol. The molecule has 0 radical (unpaired) electrons. The lowest BCUT2D eigenvalue weighted by atomic mass is 10.2. The van der Waals surface area contributed by atoms with Crippen molar-refractivity contribution in [2.75, 3.05) is 42.9 Å². The number of benzene rings is 1. The Labute approximate surface area is 145 Å². The largest absolute Gasteiger partial charge is 0.358 e. The number of nitrogens with one attached hydrogen (secondary N) is 2. The number of anilines is 2. The van der Waals surface area contributed by atoms with Crippen LogP contribution in [0.3, 0.4) is 0 Å². The van der Waals surface area contributed by atoms with Crippen LogP contribution in [0.5, 0.6) is 0 Å². The van der Waals surface area contributed by atoms with Gasteiger partial charge in [-0.3, -0.25) is 4.79 Å². The summed E-state index contributed by atoms with van der Waals surface area (Å²) in [5.41, 5.74) is 0.631. The molecular formula is C17H19ClFN4O+. The third-order valence-corrected chi connectivity index (χ3v) is 4.29. The van der Waals surface area contributed by atoms with Crippen molar-refractivity contribution in [1.82, 2.24) is 4.98 Å². The molecule has 0 spiro atoms. The number of amides is 1. The van der Waals surface area contributed by atoms with Crippen LogP contribution < -0.4 is 15.1 Å². The van der Waals surface area contributed by atoms with Crippen LogP contribution in [-0.4, -0.2) is 43.6 Å². The zero-order chi connectivity index (χ0) is 16.9. The molecule has 0 atom stereocenters. The van der Waals surface area contributed by atoms with Gasteiger partial charge in [0.1, 0.15) is 11.6 Å². The Kier molecular flexibility index (Phi) is 5.27. The van der Waals surface area contributed by atoms with Gasteiger partial charge in [-0.1, -0.05) is 23.7 Å². The first-order valence-corrected chi connectivity index (χ1v) is 8.24. The fourth-order valence-corrected chi connectivity index (χ4v) is 2.92. The van der Waals surface area contributed by atoms with E-state index in [4.69, 9.17) is 11.6 Å². The lowest BCUT2D eigenvalue weighted by Crippen LogP contribution is -3.15. The van der Waals surface area contributed by atoms with E-state index in [0.717, 1.165) is 26.2 Å². The van der Waals surface area contributed by atoms with Crippen LogP contribution in [0, 0.1) is 5.82 Å². The van der Waals surface area contributed by atoms with E-state index in [9.17, 15) is 9.18 Å². The number of carbonyl (C=O) groups is 1. The first-order chi connectivity index (χ1) is 11.6. The lowest BCUT2D eigenvalue weighted by Gasteiger charge is -2.33. The molecule has 24 heavy (non-hydrogen) atoms. The Bertz CT molecular complexity index is 702. The van der Waals surface area contributed by atoms with Gasteiger partial charge in [0.25, 0.3) is 5.91 Å². The van der Waals surface area contributed by atoms with Crippen molar-refractivity contribution >= 4 is 29.0 Å². The van der Waals surface area contributed by atoms with Crippen molar-refractivity contribution in [3.8, 4) is 0 Å². The van der Waals surface area contributed by atoms with E-state index in [2.05, 4.69) is 10.3 Å². The third kappa shape index (κ3) is 4.21. The molecule has 1 aliphatic rings. The van der Waals surface area contributed by atoms with Gasteiger partial charge >= 0.3 is 0 Å². The number of pyridine rings is 1. The van der Waals surface area contributed by atoms with Gasteiger partial charge in [0.05, 0.1) is 36.9 Å². The van der Waals surface area contributed by atoms with Gasteiger partial charge in [-0.05, 0) is 24.3 Å². The monoisotopic (exact) mass is 349 g/mol. The standard InChI is InChI=1S/C17H18ClFN4O/c18-13-5-6-16(20-11-13)21-17(24)12-22-7-9-23(10-8-22)15-4-2-1-3-14(15)19/h1-6,11H,7-10,12H2,(H,20,21,24)/p+1. The van der Waals surface area contributed by atoms with E-state index in [1.807, 2.05) is 11.0 Å². The topological polar surface area (TPSA) is 49.7 Å². The second-order valence-corrected chi connectivity index (χ2v) is 6.21. The first kappa shape index (κ1) is 16.7. The van der Waals surface area contributed by atoms with E-state index in [1.54, 1.807) is 24.3 Å². The minimum atomic E-state index is -0.201. The van der Waals surface area contributed by atoms with Gasteiger partial charge in [0, 0.05) is 6.20 Å². The number of quaternary nitrogens is 1. The summed E-state index contributed by atoms with van der Waals surface area (Å²) >= 11 is 5.77. The van der Waals surface area contributed by atoms with Crippen LogP contribution >= 0.6 is 11.6 Å². The number of halogens is 2. The summed E-state index contributed by atoms with van der Waals surface area (Å²) in [4.78, 5) is 19.3. The number of nitrogens with zero attached hydrogens (tertiary/aromatic N) is 2. The summed E-state index contributed by atoms with van der Waals surface area (Å²) in [6, 6.07) is 10.1. The maximum Gasteiger partial charge on any atom is 0.280 e. The first-order valence-electron chi connectivity index (χ1n) is 7.86. The molecule has 7 heteroatoms. The summed E-state index contributed by atoms with van der Waals surface area (Å²) in [5, 5.41) is 3.30. The molecule has 3 rings (SSSR count). The average Bonchev–Trinajstić information content (AvgIpc) is 2.58. The van der Waals surface area contributed by atoms with Crippen LogP contribution in [-0.2, 0) is 4.79 Å². The Hall–Kier alpha value is -2.18. The van der Waals surface area contributed by atoms with Crippen LogP contribution in [0.1, 0.15) is 0 Å². The number of para-hydroxylation sites is 1. The summed E-state index contributed by atoms with van der Waals surface area (Å²) in [6.07, 6.45) is 1.50. The van der Waals surface area contributed by atoms with Crippen molar-refractivity contribution in [3.63, 3.8) is 0 Å². The van der Waals surface area contributed by atoms with Crippen LogP contribution in [0.4, 0.5) is 15.9 Å². The van der Waals surface area contributed by atoms with Gasteiger partial charge in [0.15, 0.2) is 6.54 Å². The fraction of sp³-hybridized carbons (Fsp3) is 0.294. The van der Waals surface area contributed by atoms with Crippen molar-refractivity contribution in [2.45, 2.75) is 0 Å². The van der Waals surface area contributed by atoms with Crippen LogP contribution in [0.25, 0.3) is 0 Å². The van der Waals surface area contributed by atoms with Gasteiger partial charge in [0.2, 0.25) is 0 Å². The van der Waals surface area contributed by atoms with Gasteiger partial charge < -0.3 is 15.1 Å². The number of hydrogen-bond acceptors (Lipinski definition) is 3. The van der Waals surface area contributed by atoms with Crippen molar-refractivity contribution < 1.29 is 14.1 Å². The Morgan fingerprint density at radius 2 is 2.00 bits per heavy atom. The molecule has 1 saturated heterocycles. The molecule has 0 aliphatic carbocycles. The Morgan fingerprint density at radius 3 is 2.67 bits per heavy atom. The van der Waals surface area contributed by atoms with E-state index < -0.39 is 0 Å². The molecule has 1 aliphatic heterocycles. The molecular weight excluding hydrogens is 331 g/mol. The molecule has 1 amide bonds. The molecule has 1 aromatic heterocycles. The molecule has 1 aromatic carbocycles. The SMILES string of the molecule is O=C(C[NH+]1CCN(c2ccccc2F)CC1)Nc1ccc(Cl)cn1. The second kappa shape index (κ2) is 7.59. The highest BCUT2D eigenvalue weighted by Crippen LogP contribution is 2.18. The predicted octanol–water partition coefficient (Wildman–Crippen LogP) is 1.22. The highest BCUT2D eigenvalue weighted by Gasteiger charge is 2.23.